The Morgan fingerprint density at radius 1 is 0.562 bits per heavy atom. The number of aliphatic hydroxyl groups is 2. The smallest absolute Gasteiger partial charge is 0.338 e. The number of carbonyl (C=O) groups excluding carboxylic acids is 5. The summed E-state index contributed by atoms with van der Waals surface area (Å²) in [5.41, 5.74) is -9.77. The molecule has 4 aromatic carbocycles. The van der Waals surface area contributed by atoms with Crippen molar-refractivity contribution in [3.63, 3.8) is 0 Å². The Morgan fingerprint density at radius 2 is 0.969 bits per heavy atom. The molecule has 2 heterocycles. The maximum Gasteiger partial charge on any atom is 0.338 e. The zero-order valence-electron chi connectivity index (χ0n) is 32.5. The molecule has 6 atom stereocenters. The van der Waals surface area contributed by atoms with E-state index >= 15 is 0 Å². The summed E-state index contributed by atoms with van der Waals surface area (Å²) in [6.45, 7) is 0. The third-order valence-corrected chi connectivity index (χ3v) is 12.9. The first kappa shape index (κ1) is 41.3. The molecule has 0 amide bonds. The largest absolute Gasteiger partial charge is 0.508 e. The highest BCUT2D eigenvalue weighted by molar-refractivity contribution is 6.19. The van der Waals surface area contributed by atoms with Crippen molar-refractivity contribution in [3.8, 4) is 69.0 Å². The molecule has 3 saturated carbocycles. The Labute approximate surface area is 357 Å². The number of aliphatic hydroxyl groups excluding tert-OH is 1. The van der Waals surface area contributed by atoms with Gasteiger partial charge in [0, 0.05) is 66.5 Å². The SMILES string of the molecule is O=C(O[C@@H]1Cc2c(O)cc(O)cc2O[C@@H]1C12CC(=O)C(O)(C(=O)C1)C1([C@H]3Oc4cc(O)cc(O)c4C[C@H]3OC(=O)c3cc(O)c(O)c(O)c3)C=C(O)C(=O)C21)c1cc(O)c(O)c(O)c1. The fourth-order valence-electron chi connectivity index (χ4n) is 10.2. The van der Waals surface area contributed by atoms with Crippen molar-refractivity contribution in [2.75, 3.05) is 0 Å². The number of Topliss-reactive ketones (excluding diaryl/α,β-unsaturated/α-hetero) is 3. The van der Waals surface area contributed by atoms with Gasteiger partial charge in [0.25, 0.3) is 0 Å². The van der Waals surface area contributed by atoms with Crippen LogP contribution >= 0.6 is 0 Å². The summed E-state index contributed by atoms with van der Waals surface area (Å²) in [7, 11) is 0. The third-order valence-electron chi connectivity index (χ3n) is 12.9. The molecule has 64 heavy (non-hydrogen) atoms. The molecule has 332 valence electrons. The first-order valence-corrected chi connectivity index (χ1v) is 19.2. The van der Waals surface area contributed by atoms with Crippen molar-refractivity contribution in [1.82, 2.24) is 0 Å². The number of aromatic hydroxyl groups is 10. The number of phenolic OH excluding ortho intramolecular Hbond substituents is 10. The number of fused-ring (bicyclic) bond motifs is 4. The molecule has 12 N–H and O–H groups in total. The Hall–Kier alpha value is -8.07. The van der Waals surface area contributed by atoms with Crippen molar-refractivity contribution in [2.24, 2.45) is 16.7 Å². The standard InChI is InChI=1S/C43H34O21/c44-16-5-20(46)18-9-29(63-39(58)14-1-22(48)33(55)23(49)2-14)37(61-27(18)7-16)41-12-31(53)43(60,32(54)13-41)42(11-26(52)35(57)36(41)42)38-30(10-19-21(47)6-17(45)8-28(19)62-38)64-40(59)15-3-24(50)34(56)25(51)4-15/h1-8,11,29-30,36-38,44-52,55-56,60H,9-10,12-13H2/t29-,30-,36?,37+,38+,41?,42?,43?/m1/s1. The van der Waals surface area contributed by atoms with E-state index in [1.165, 1.54) is 0 Å². The molecular weight excluding hydrogens is 852 g/mol. The van der Waals surface area contributed by atoms with Gasteiger partial charge in [0.15, 0.2) is 57.4 Å². The Kier molecular flexibility index (Phi) is 8.85. The Balaban J connectivity index is 1.23. The van der Waals surface area contributed by atoms with Gasteiger partial charge in [0.1, 0.15) is 58.9 Å². The molecule has 10 rings (SSSR count). The van der Waals surface area contributed by atoms with Gasteiger partial charge in [0.05, 0.1) is 22.5 Å². The van der Waals surface area contributed by atoms with Crippen LogP contribution in [0.25, 0.3) is 0 Å². The molecule has 2 bridgehead atoms. The quantitative estimate of drug-likeness (QED) is 0.0746. The van der Waals surface area contributed by atoms with E-state index in [2.05, 4.69) is 0 Å². The second kappa shape index (κ2) is 13.7. The maximum absolute atomic E-state index is 14.7. The Bertz CT molecular complexity index is 2760. The summed E-state index contributed by atoms with van der Waals surface area (Å²) in [4.78, 5) is 71.8. The summed E-state index contributed by atoms with van der Waals surface area (Å²) >= 11 is 0. The van der Waals surface area contributed by atoms with Crippen LogP contribution in [-0.2, 0) is 36.7 Å². The highest BCUT2D eigenvalue weighted by Gasteiger charge is 2.84. The van der Waals surface area contributed by atoms with E-state index in [0.29, 0.717) is 18.2 Å². The van der Waals surface area contributed by atoms with E-state index < -0.39 is 176 Å². The number of allylic oxidation sites excluding steroid dienone is 1. The summed E-state index contributed by atoms with van der Waals surface area (Å²) < 4.78 is 24.3. The number of ketones is 3. The number of esters is 2. The van der Waals surface area contributed by atoms with Crippen LogP contribution < -0.4 is 9.47 Å². The van der Waals surface area contributed by atoms with Crippen LogP contribution in [0.2, 0.25) is 0 Å². The van der Waals surface area contributed by atoms with Gasteiger partial charge < -0.3 is 80.2 Å². The number of rotatable bonds is 6. The average molecular weight is 887 g/mol. The minimum atomic E-state index is -3.29. The minimum absolute atomic E-state index is 0.0875. The lowest BCUT2D eigenvalue weighted by Gasteiger charge is -2.65. The molecule has 0 aromatic heterocycles. The highest BCUT2D eigenvalue weighted by Crippen LogP contribution is 2.70. The van der Waals surface area contributed by atoms with E-state index in [-0.39, 0.29) is 22.6 Å². The number of hydrogen-bond acceptors (Lipinski definition) is 21. The van der Waals surface area contributed by atoms with Crippen LogP contribution in [0, 0.1) is 16.7 Å². The fourth-order valence-corrected chi connectivity index (χ4v) is 10.2. The van der Waals surface area contributed by atoms with Crippen LogP contribution in [0.15, 0.2) is 60.4 Å². The predicted molar refractivity (Wildman–Crippen MR) is 205 cm³/mol. The maximum atomic E-state index is 14.7. The van der Waals surface area contributed by atoms with Crippen LogP contribution in [0.3, 0.4) is 0 Å². The van der Waals surface area contributed by atoms with Crippen molar-refractivity contribution >= 4 is 29.3 Å². The summed E-state index contributed by atoms with van der Waals surface area (Å²) in [6.07, 6.45) is -9.93. The van der Waals surface area contributed by atoms with Crippen LogP contribution in [0.1, 0.15) is 44.7 Å². The van der Waals surface area contributed by atoms with Crippen LogP contribution in [0.4, 0.5) is 0 Å². The summed E-state index contributed by atoms with van der Waals surface area (Å²) in [5.74, 6) is -18.4. The van der Waals surface area contributed by atoms with Gasteiger partial charge >= 0.3 is 11.9 Å². The van der Waals surface area contributed by atoms with E-state index in [1.54, 1.807) is 0 Å². The van der Waals surface area contributed by atoms with Crippen molar-refractivity contribution < 1.29 is 104 Å². The topological polar surface area (TPSA) is 365 Å². The number of benzene rings is 4. The van der Waals surface area contributed by atoms with Crippen molar-refractivity contribution in [3.05, 3.63) is 82.6 Å². The fraction of sp³-hybridized carbons (Fsp3) is 0.279. The summed E-state index contributed by atoms with van der Waals surface area (Å²) in [5, 5.41) is 127. The minimum Gasteiger partial charge on any atom is -0.508 e. The van der Waals surface area contributed by atoms with Gasteiger partial charge in [-0.25, -0.2) is 9.59 Å². The van der Waals surface area contributed by atoms with E-state index in [1.807, 2.05) is 0 Å². The molecule has 21 heteroatoms. The van der Waals surface area contributed by atoms with Crippen molar-refractivity contribution in [2.45, 2.75) is 55.7 Å². The van der Waals surface area contributed by atoms with E-state index in [0.717, 1.165) is 36.4 Å². The van der Waals surface area contributed by atoms with E-state index in [9.17, 15) is 85.3 Å². The van der Waals surface area contributed by atoms with Gasteiger partial charge in [-0.2, -0.15) is 0 Å². The second-order valence-electron chi connectivity index (χ2n) is 16.4. The zero-order chi connectivity index (χ0) is 46.1. The third kappa shape index (κ3) is 5.62. The Morgan fingerprint density at radius 3 is 1.41 bits per heavy atom. The number of carbonyl (C=O) groups is 5. The molecule has 0 radical (unpaired) electrons. The number of ether oxygens (including phenoxy) is 4. The molecule has 0 spiro atoms. The lowest BCUT2D eigenvalue weighted by molar-refractivity contribution is -0.241. The average Bonchev–Trinajstić information content (AvgIpc) is 3.51. The first-order chi connectivity index (χ1) is 30.1. The zero-order valence-corrected chi connectivity index (χ0v) is 32.5. The monoisotopic (exact) mass is 886 g/mol. The van der Waals surface area contributed by atoms with E-state index in [4.69, 9.17) is 18.9 Å². The first-order valence-electron chi connectivity index (χ1n) is 19.2. The molecule has 2 aliphatic heterocycles. The summed E-state index contributed by atoms with van der Waals surface area (Å²) in [6, 6.07) is 6.73. The van der Waals surface area contributed by atoms with Gasteiger partial charge in [-0.15, -0.1) is 0 Å². The van der Waals surface area contributed by atoms with Crippen LogP contribution in [0.5, 0.6) is 69.0 Å². The predicted octanol–water partition coefficient (Wildman–Crippen LogP) is 1.79. The molecule has 2 unspecified atom stereocenters. The molecule has 4 aromatic rings. The van der Waals surface area contributed by atoms with Gasteiger partial charge in [-0.3, -0.25) is 14.4 Å². The lowest BCUT2D eigenvalue weighted by atomic mass is 9.38. The molecular formula is C43H34O21. The lowest BCUT2D eigenvalue weighted by Crippen LogP contribution is -2.81. The van der Waals surface area contributed by atoms with Crippen LogP contribution in [-0.4, -0.2) is 121 Å². The van der Waals surface area contributed by atoms with Crippen molar-refractivity contribution in [1.29, 1.82) is 0 Å². The van der Waals surface area contributed by atoms with Gasteiger partial charge in [-0.1, -0.05) is 0 Å². The number of phenols is 10. The van der Waals surface area contributed by atoms with Gasteiger partial charge in [0.2, 0.25) is 5.78 Å². The normalized spacial score (nSPS) is 28.8. The molecule has 4 aliphatic carbocycles. The molecule has 21 nitrogen and oxygen atoms in total. The highest BCUT2D eigenvalue weighted by atomic mass is 16.6. The second-order valence-corrected chi connectivity index (χ2v) is 16.4. The molecule has 0 saturated heterocycles. The van der Waals surface area contributed by atoms with Gasteiger partial charge in [-0.05, 0) is 30.3 Å². The molecule has 3 fully saturated rings. The molecule has 6 aliphatic rings. The number of hydrogen-bond donors (Lipinski definition) is 12.